The summed E-state index contributed by atoms with van der Waals surface area (Å²) in [6.45, 7) is 0. The molecule has 130 valence electrons. The van der Waals surface area contributed by atoms with E-state index in [1.165, 1.54) is 36.5 Å². The highest BCUT2D eigenvalue weighted by Crippen LogP contribution is 2.27. The van der Waals surface area contributed by atoms with Gasteiger partial charge in [0.2, 0.25) is 0 Å². The zero-order valence-electron chi connectivity index (χ0n) is 13.5. The van der Waals surface area contributed by atoms with Crippen LogP contribution >= 0.6 is 0 Å². The van der Waals surface area contributed by atoms with Gasteiger partial charge in [-0.3, -0.25) is 15.2 Å². The number of nitrogens with two attached hydrogens (primary N) is 1. The number of pyridine rings is 1. The Morgan fingerprint density at radius 3 is 2.65 bits per heavy atom. The van der Waals surface area contributed by atoms with Gasteiger partial charge in [0.15, 0.2) is 11.6 Å². The zero-order valence-corrected chi connectivity index (χ0v) is 13.5. The molecule has 1 heterocycles. The van der Waals surface area contributed by atoms with Gasteiger partial charge in [-0.15, -0.1) is 0 Å². The Labute approximate surface area is 148 Å². The van der Waals surface area contributed by atoms with Gasteiger partial charge in [-0.25, -0.2) is 8.78 Å². The van der Waals surface area contributed by atoms with E-state index in [0.29, 0.717) is 11.3 Å². The Morgan fingerprint density at radius 1 is 1.12 bits per heavy atom. The molecule has 0 saturated carbocycles. The molecule has 0 saturated heterocycles. The smallest absolute Gasteiger partial charge is 0.274 e. The second-order valence-corrected chi connectivity index (χ2v) is 5.47. The Bertz CT molecular complexity index is 990. The first-order valence-electron chi connectivity index (χ1n) is 7.61. The normalized spacial score (nSPS) is 10.4. The van der Waals surface area contributed by atoms with E-state index in [4.69, 9.17) is 11.1 Å². The molecule has 0 bridgehead atoms. The van der Waals surface area contributed by atoms with Gasteiger partial charge in [0.05, 0.1) is 11.9 Å². The third-order valence-electron chi connectivity index (χ3n) is 3.73. The van der Waals surface area contributed by atoms with Crippen molar-refractivity contribution in [2.45, 2.75) is 0 Å². The van der Waals surface area contributed by atoms with Gasteiger partial charge in [-0.2, -0.15) is 0 Å². The minimum absolute atomic E-state index is 0.0201. The van der Waals surface area contributed by atoms with Gasteiger partial charge in [0.1, 0.15) is 5.71 Å². The third kappa shape index (κ3) is 3.41. The van der Waals surface area contributed by atoms with Crippen molar-refractivity contribution >= 4 is 23.0 Å². The first kappa shape index (κ1) is 17.2. The molecule has 26 heavy (non-hydrogen) atoms. The number of amides is 1. The number of nitrogens with zero attached hydrogens (tertiary/aromatic N) is 1. The minimum Gasteiger partial charge on any atom is -0.398 e. The van der Waals surface area contributed by atoms with Crippen molar-refractivity contribution in [1.82, 2.24) is 4.98 Å². The number of rotatable bonds is 4. The molecule has 0 fully saturated rings. The maximum absolute atomic E-state index is 14.0. The van der Waals surface area contributed by atoms with Crippen LogP contribution in [0.5, 0.6) is 0 Å². The number of carbonyl (C=O) groups is 1. The first-order chi connectivity index (χ1) is 12.5. The molecule has 0 spiro atoms. The number of nitrogens with one attached hydrogen (secondary N) is 2. The zero-order chi connectivity index (χ0) is 18.7. The molecular formula is C19H14F2N4O. The van der Waals surface area contributed by atoms with Gasteiger partial charge in [-0.05, 0) is 35.9 Å². The monoisotopic (exact) mass is 352 g/mol. The fraction of sp³-hybridized carbons (Fsp3) is 0. The minimum atomic E-state index is -1.01. The number of nitrogen functional groups attached to an aromatic ring is 1. The molecule has 4 N–H and O–H groups in total. The molecule has 0 unspecified atom stereocenters. The lowest BCUT2D eigenvalue weighted by Crippen LogP contribution is -2.24. The molecule has 1 aromatic heterocycles. The fourth-order valence-electron chi connectivity index (χ4n) is 2.42. The quantitative estimate of drug-likeness (QED) is 0.495. The number of anilines is 2. The summed E-state index contributed by atoms with van der Waals surface area (Å²) >= 11 is 0. The molecule has 3 aromatic rings. The standard InChI is InChI=1S/C19H14F2N4O/c20-15-5-1-4-13(17(15)21)11-6-7-16(22)14(9-11)18(23)19(26)25-12-3-2-8-24-10-12/h1-10,23H,22H2,(H,25,26). The van der Waals surface area contributed by atoms with Gasteiger partial charge < -0.3 is 11.1 Å². The average Bonchev–Trinajstić information content (AvgIpc) is 2.65. The van der Waals surface area contributed by atoms with Crippen LogP contribution in [0.2, 0.25) is 0 Å². The van der Waals surface area contributed by atoms with E-state index in [1.807, 2.05) is 0 Å². The highest BCUT2D eigenvalue weighted by molar-refractivity contribution is 6.48. The van der Waals surface area contributed by atoms with Crippen molar-refractivity contribution < 1.29 is 13.6 Å². The SMILES string of the molecule is N=C(C(=O)Nc1cccnc1)c1cc(-c2cccc(F)c2F)ccc1N. The van der Waals surface area contributed by atoms with Crippen LogP contribution in [-0.4, -0.2) is 16.6 Å². The fourth-order valence-corrected chi connectivity index (χ4v) is 2.42. The van der Waals surface area contributed by atoms with Crippen LogP contribution in [0.25, 0.3) is 11.1 Å². The summed E-state index contributed by atoms with van der Waals surface area (Å²) in [5.41, 5.74) is 6.52. The van der Waals surface area contributed by atoms with Gasteiger partial charge in [-0.1, -0.05) is 18.2 Å². The van der Waals surface area contributed by atoms with E-state index in [-0.39, 0.29) is 16.8 Å². The van der Waals surface area contributed by atoms with E-state index >= 15 is 0 Å². The van der Waals surface area contributed by atoms with Crippen molar-refractivity contribution in [3.05, 3.63) is 78.1 Å². The Morgan fingerprint density at radius 2 is 1.92 bits per heavy atom. The molecule has 2 aromatic carbocycles. The summed E-state index contributed by atoms with van der Waals surface area (Å²) in [5, 5.41) is 10.6. The van der Waals surface area contributed by atoms with Crippen LogP contribution in [-0.2, 0) is 4.79 Å². The number of hydrogen-bond donors (Lipinski definition) is 3. The van der Waals surface area contributed by atoms with E-state index in [0.717, 1.165) is 6.07 Å². The number of benzene rings is 2. The van der Waals surface area contributed by atoms with Gasteiger partial charge in [0.25, 0.3) is 5.91 Å². The number of aromatic nitrogens is 1. The summed E-state index contributed by atoms with van der Waals surface area (Å²) in [4.78, 5) is 16.2. The molecule has 0 radical (unpaired) electrons. The molecular weight excluding hydrogens is 338 g/mol. The van der Waals surface area contributed by atoms with Crippen molar-refractivity contribution in [2.24, 2.45) is 0 Å². The molecule has 3 rings (SSSR count). The number of halogens is 2. The highest BCUT2D eigenvalue weighted by atomic mass is 19.2. The lowest BCUT2D eigenvalue weighted by atomic mass is 9.98. The lowest BCUT2D eigenvalue weighted by Gasteiger charge is -2.11. The van der Waals surface area contributed by atoms with Crippen molar-refractivity contribution in [3.63, 3.8) is 0 Å². The van der Waals surface area contributed by atoms with Crippen LogP contribution in [0, 0.1) is 17.0 Å². The molecule has 5 nitrogen and oxygen atoms in total. The summed E-state index contributed by atoms with van der Waals surface area (Å²) in [7, 11) is 0. The highest BCUT2D eigenvalue weighted by Gasteiger charge is 2.17. The first-order valence-corrected chi connectivity index (χ1v) is 7.61. The molecule has 7 heteroatoms. The largest absolute Gasteiger partial charge is 0.398 e. The molecule has 1 amide bonds. The Hall–Kier alpha value is -3.61. The van der Waals surface area contributed by atoms with Crippen LogP contribution in [0.1, 0.15) is 5.56 Å². The second-order valence-electron chi connectivity index (χ2n) is 5.47. The van der Waals surface area contributed by atoms with Crippen LogP contribution in [0.3, 0.4) is 0 Å². The number of carbonyl (C=O) groups excluding carboxylic acids is 1. The summed E-state index contributed by atoms with van der Waals surface area (Å²) in [6, 6.07) is 11.4. The van der Waals surface area contributed by atoms with Crippen molar-refractivity contribution in [2.75, 3.05) is 11.1 Å². The van der Waals surface area contributed by atoms with Crippen molar-refractivity contribution in [1.29, 1.82) is 5.41 Å². The third-order valence-corrected chi connectivity index (χ3v) is 3.73. The summed E-state index contributed by atoms with van der Waals surface area (Å²) < 4.78 is 27.5. The molecule has 0 aliphatic heterocycles. The lowest BCUT2D eigenvalue weighted by molar-refractivity contribution is -0.110. The Kier molecular flexibility index (Phi) is 4.70. The predicted octanol–water partition coefficient (Wildman–Crippen LogP) is 3.62. The molecule has 0 atom stereocenters. The summed E-state index contributed by atoms with van der Waals surface area (Å²) in [6.07, 6.45) is 2.99. The van der Waals surface area contributed by atoms with Crippen LogP contribution < -0.4 is 11.1 Å². The van der Waals surface area contributed by atoms with E-state index < -0.39 is 23.3 Å². The predicted molar refractivity (Wildman–Crippen MR) is 95.9 cm³/mol. The van der Waals surface area contributed by atoms with E-state index in [1.54, 1.807) is 18.3 Å². The van der Waals surface area contributed by atoms with E-state index in [9.17, 15) is 13.6 Å². The molecule has 0 aliphatic rings. The maximum Gasteiger partial charge on any atom is 0.274 e. The number of hydrogen-bond acceptors (Lipinski definition) is 4. The van der Waals surface area contributed by atoms with Crippen LogP contribution in [0.15, 0.2) is 60.9 Å². The maximum atomic E-state index is 14.0. The topological polar surface area (TPSA) is 91.9 Å². The van der Waals surface area contributed by atoms with E-state index in [2.05, 4.69) is 10.3 Å². The average molecular weight is 352 g/mol. The van der Waals surface area contributed by atoms with Crippen molar-refractivity contribution in [3.8, 4) is 11.1 Å². The van der Waals surface area contributed by atoms with Gasteiger partial charge >= 0.3 is 0 Å². The molecule has 0 aliphatic carbocycles. The van der Waals surface area contributed by atoms with Gasteiger partial charge in [0, 0.05) is 23.0 Å². The van der Waals surface area contributed by atoms with Crippen LogP contribution in [0.4, 0.5) is 20.2 Å². The Balaban J connectivity index is 1.93. The second kappa shape index (κ2) is 7.10. The summed E-state index contributed by atoms with van der Waals surface area (Å²) in [5.74, 6) is -2.68.